The summed E-state index contributed by atoms with van der Waals surface area (Å²) in [6, 6.07) is 8.80. The molecule has 1 aromatic carbocycles. The zero-order chi connectivity index (χ0) is 14.7. The number of nitriles is 1. The average molecular weight is 290 g/mol. The van der Waals surface area contributed by atoms with Gasteiger partial charge in [0.1, 0.15) is 5.15 Å². The first kappa shape index (κ1) is 14.1. The Balaban J connectivity index is 2.52. The molecule has 20 heavy (non-hydrogen) atoms. The summed E-state index contributed by atoms with van der Waals surface area (Å²) in [4.78, 5) is 26.5. The lowest BCUT2D eigenvalue weighted by Crippen LogP contribution is -2.37. The zero-order valence-electron chi connectivity index (χ0n) is 10.8. The predicted octanol–water partition coefficient (Wildman–Crippen LogP) is 1.67. The first-order valence-corrected chi connectivity index (χ1v) is 6.45. The number of benzene rings is 1. The summed E-state index contributed by atoms with van der Waals surface area (Å²) in [7, 11) is 0. The number of aromatic amines is 1. The van der Waals surface area contributed by atoms with E-state index in [0.717, 1.165) is 4.57 Å². The Labute approximate surface area is 120 Å². The third-order valence-corrected chi connectivity index (χ3v) is 3.30. The van der Waals surface area contributed by atoms with Gasteiger partial charge in [-0.05, 0) is 24.1 Å². The van der Waals surface area contributed by atoms with Crippen molar-refractivity contribution in [1.29, 1.82) is 5.26 Å². The van der Waals surface area contributed by atoms with Crippen LogP contribution in [0.1, 0.15) is 23.6 Å². The summed E-state index contributed by atoms with van der Waals surface area (Å²) in [6.07, 6.45) is 0.437. The smallest absolute Gasteiger partial charge is 0.297 e. The normalized spacial score (nSPS) is 10.2. The van der Waals surface area contributed by atoms with Crippen molar-refractivity contribution >= 4 is 11.6 Å². The van der Waals surface area contributed by atoms with Gasteiger partial charge in [0.25, 0.3) is 5.56 Å². The maximum absolute atomic E-state index is 12.2. The Morgan fingerprint density at radius 3 is 2.80 bits per heavy atom. The lowest BCUT2D eigenvalue weighted by molar-refractivity contribution is 0.686. The fraction of sp³-hybridized carbons (Fsp3) is 0.214. The highest BCUT2D eigenvalue weighted by molar-refractivity contribution is 6.30. The number of rotatable bonds is 3. The first-order valence-electron chi connectivity index (χ1n) is 6.07. The monoisotopic (exact) mass is 289 g/mol. The van der Waals surface area contributed by atoms with Gasteiger partial charge >= 0.3 is 5.69 Å². The van der Waals surface area contributed by atoms with Crippen LogP contribution in [-0.4, -0.2) is 9.55 Å². The van der Waals surface area contributed by atoms with Gasteiger partial charge < -0.3 is 0 Å². The molecule has 1 aromatic heterocycles. The van der Waals surface area contributed by atoms with Crippen molar-refractivity contribution < 1.29 is 0 Å². The van der Waals surface area contributed by atoms with E-state index >= 15 is 0 Å². The number of aromatic nitrogens is 2. The quantitative estimate of drug-likeness (QED) is 0.873. The first-order chi connectivity index (χ1) is 9.56. The third kappa shape index (κ3) is 2.65. The van der Waals surface area contributed by atoms with Crippen LogP contribution in [0.15, 0.2) is 33.9 Å². The van der Waals surface area contributed by atoms with E-state index in [0.29, 0.717) is 23.1 Å². The van der Waals surface area contributed by atoms with E-state index in [1.165, 1.54) is 0 Å². The molecule has 6 heteroatoms. The summed E-state index contributed by atoms with van der Waals surface area (Å²) in [5, 5.41) is 8.94. The average Bonchev–Trinajstić information content (AvgIpc) is 2.44. The highest BCUT2D eigenvalue weighted by atomic mass is 35.5. The number of hydrogen-bond donors (Lipinski definition) is 1. The molecule has 1 heterocycles. The van der Waals surface area contributed by atoms with E-state index in [9.17, 15) is 9.59 Å². The molecule has 0 amide bonds. The summed E-state index contributed by atoms with van der Waals surface area (Å²) in [5.74, 6) is 0. The van der Waals surface area contributed by atoms with E-state index in [2.05, 4.69) is 4.98 Å². The molecule has 2 rings (SSSR count). The Morgan fingerprint density at radius 2 is 2.15 bits per heavy atom. The van der Waals surface area contributed by atoms with Gasteiger partial charge in [-0.1, -0.05) is 30.7 Å². The molecule has 0 aliphatic carbocycles. The van der Waals surface area contributed by atoms with Crippen molar-refractivity contribution in [3.05, 3.63) is 66.9 Å². The maximum Gasteiger partial charge on any atom is 0.329 e. The zero-order valence-corrected chi connectivity index (χ0v) is 11.6. The van der Waals surface area contributed by atoms with Gasteiger partial charge in [-0.15, -0.1) is 0 Å². The molecule has 0 atom stereocenters. The molecule has 0 saturated heterocycles. The van der Waals surface area contributed by atoms with Crippen LogP contribution in [0, 0.1) is 11.3 Å². The molecular formula is C14H12ClN3O2. The van der Waals surface area contributed by atoms with Gasteiger partial charge in [0.2, 0.25) is 0 Å². The van der Waals surface area contributed by atoms with Crippen molar-refractivity contribution in [2.24, 2.45) is 0 Å². The minimum Gasteiger partial charge on any atom is -0.297 e. The number of nitrogens with one attached hydrogen (secondary N) is 1. The Hall–Kier alpha value is -2.32. The SMILES string of the molecule is CCc1c(Cl)[nH]c(=O)n(Cc2cccc(C#N)c2)c1=O. The Bertz CT molecular complexity index is 799. The third-order valence-electron chi connectivity index (χ3n) is 2.98. The lowest BCUT2D eigenvalue weighted by Gasteiger charge is -2.08. The molecule has 0 saturated carbocycles. The molecule has 5 nitrogen and oxygen atoms in total. The van der Waals surface area contributed by atoms with Crippen LogP contribution in [0.5, 0.6) is 0 Å². The van der Waals surface area contributed by atoms with E-state index in [1.807, 2.05) is 6.07 Å². The van der Waals surface area contributed by atoms with Crippen LogP contribution in [0.3, 0.4) is 0 Å². The largest absolute Gasteiger partial charge is 0.329 e. The van der Waals surface area contributed by atoms with Gasteiger partial charge in [-0.3, -0.25) is 14.3 Å². The molecular weight excluding hydrogens is 278 g/mol. The summed E-state index contributed by atoms with van der Waals surface area (Å²) in [6.45, 7) is 1.90. The molecule has 0 aliphatic heterocycles. The molecule has 2 aromatic rings. The summed E-state index contributed by atoms with van der Waals surface area (Å²) >= 11 is 5.85. The highest BCUT2D eigenvalue weighted by Gasteiger charge is 2.11. The van der Waals surface area contributed by atoms with Crippen LogP contribution < -0.4 is 11.2 Å². The van der Waals surface area contributed by atoms with Crippen molar-refractivity contribution in [2.75, 3.05) is 0 Å². The molecule has 0 spiro atoms. The Kier molecular flexibility index (Phi) is 4.06. The summed E-state index contributed by atoms with van der Waals surface area (Å²) in [5.41, 5.74) is 0.614. The van der Waals surface area contributed by atoms with Gasteiger partial charge in [0.15, 0.2) is 0 Å². The second-order valence-corrected chi connectivity index (χ2v) is 4.66. The van der Waals surface area contributed by atoms with Crippen molar-refractivity contribution in [3.63, 3.8) is 0 Å². The molecule has 0 fully saturated rings. The van der Waals surface area contributed by atoms with Crippen LogP contribution in [0.25, 0.3) is 0 Å². The van der Waals surface area contributed by atoms with E-state index in [4.69, 9.17) is 16.9 Å². The number of nitrogens with zero attached hydrogens (tertiary/aromatic N) is 2. The van der Waals surface area contributed by atoms with Crippen LogP contribution >= 0.6 is 11.6 Å². The second-order valence-electron chi connectivity index (χ2n) is 4.28. The minimum absolute atomic E-state index is 0.0875. The molecule has 0 bridgehead atoms. The lowest BCUT2D eigenvalue weighted by atomic mass is 10.1. The Morgan fingerprint density at radius 1 is 1.40 bits per heavy atom. The van der Waals surface area contributed by atoms with Gasteiger partial charge in [-0.2, -0.15) is 5.26 Å². The minimum atomic E-state index is -0.556. The fourth-order valence-corrected chi connectivity index (χ4v) is 2.25. The fourth-order valence-electron chi connectivity index (χ4n) is 1.96. The van der Waals surface area contributed by atoms with Gasteiger partial charge in [0, 0.05) is 0 Å². The number of halogens is 1. The molecule has 0 radical (unpaired) electrons. The number of hydrogen-bond acceptors (Lipinski definition) is 3. The highest BCUT2D eigenvalue weighted by Crippen LogP contribution is 2.08. The standard InChI is InChI=1S/C14H12ClN3O2/c1-2-11-12(15)17-14(20)18(13(11)19)8-10-5-3-4-9(6-10)7-16/h3-6H,2,8H2,1H3,(H,17,20). The number of H-pyrrole nitrogens is 1. The molecule has 0 unspecified atom stereocenters. The van der Waals surface area contributed by atoms with Crippen LogP contribution in [0.4, 0.5) is 0 Å². The molecule has 102 valence electrons. The maximum atomic E-state index is 12.2. The van der Waals surface area contributed by atoms with E-state index in [1.54, 1.807) is 31.2 Å². The topological polar surface area (TPSA) is 78.7 Å². The summed E-state index contributed by atoms with van der Waals surface area (Å²) < 4.78 is 1.08. The van der Waals surface area contributed by atoms with Crippen LogP contribution in [0.2, 0.25) is 5.15 Å². The predicted molar refractivity (Wildman–Crippen MR) is 76.0 cm³/mol. The van der Waals surface area contributed by atoms with Crippen molar-refractivity contribution in [2.45, 2.75) is 19.9 Å². The van der Waals surface area contributed by atoms with E-state index < -0.39 is 11.2 Å². The van der Waals surface area contributed by atoms with Gasteiger partial charge in [0.05, 0.1) is 23.7 Å². The van der Waals surface area contributed by atoms with Crippen molar-refractivity contribution in [3.8, 4) is 6.07 Å². The van der Waals surface area contributed by atoms with Gasteiger partial charge in [-0.25, -0.2) is 4.79 Å². The second kappa shape index (κ2) is 5.76. The van der Waals surface area contributed by atoms with Crippen LogP contribution in [-0.2, 0) is 13.0 Å². The molecule has 0 aliphatic rings. The van der Waals surface area contributed by atoms with Crippen molar-refractivity contribution in [1.82, 2.24) is 9.55 Å². The van der Waals surface area contributed by atoms with E-state index in [-0.39, 0.29) is 11.7 Å². The molecule has 1 N–H and O–H groups in total.